The lowest BCUT2D eigenvalue weighted by Gasteiger charge is -2.20. The predicted octanol–water partition coefficient (Wildman–Crippen LogP) is 2.75. The molecule has 5 heteroatoms. The minimum atomic E-state index is -0.263. The Balaban J connectivity index is 2.10. The van der Waals surface area contributed by atoms with E-state index in [2.05, 4.69) is 15.6 Å². The summed E-state index contributed by atoms with van der Waals surface area (Å²) in [5, 5.41) is 5.56. The maximum absolute atomic E-state index is 11.6. The van der Waals surface area contributed by atoms with Crippen molar-refractivity contribution in [1.29, 1.82) is 0 Å². The molecular formula is C12H15N3O2. The Morgan fingerprint density at radius 3 is 2.82 bits per heavy atom. The predicted molar refractivity (Wildman–Crippen MR) is 65.9 cm³/mol. The molecule has 2 amide bonds. The normalized spacial score (nSPS) is 11.5. The lowest BCUT2D eigenvalue weighted by Crippen LogP contribution is -2.43. The number of carbonyl (C=O) groups is 1. The zero-order valence-electron chi connectivity index (χ0n) is 10.1. The van der Waals surface area contributed by atoms with Gasteiger partial charge in [0.15, 0.2) is 12.0 Å². The molecule has 1 heterocycles. The van der Waals surface area contributed by atoms with Crippen LogP contribution in [0.3, 0.4) is 0 Å². The molecule has 2 aromatic rings. The number of carbonyl (C=O) groups excluding carboxylic acids is 1. The van der Waals surface area contributed by atoms with Crippen LogP contribution in [0.1, 0.15) is 20.8 Å². The zero-order chi connectivity index (χ0) is 12.5. The van der Waals surface area contributed by atoms with E-state index >= 15 is 0 Å². The molecule has 0 radical (unpaired) electrons. The fourth-order valence-electron chi connectivity index (χ4n) is 1.44. The van der Waals surface area contributed by atoms with Gasteiger partial charge in [-0.1, -0.05) is 0 Å². The smallest absolute Gasteiger partial charge is 0.319 e. The van der Waals surface area contributed by atoms with E-state index in [1.165, 1.54) is 6.39 Å². The summed E-state index contributed by atoms with van der Waals surface area (Å²) in [4.78, 5) is 15.6. The molecule has 0 atom stereocenters. The number of hydrogen-bond donors (Lipinski definition) is 2. The van der Waals surface area contributed by atoms with Crippen LogP contribution in [-0.4, -0.2) is 16.6 Å². The van der Waals surface area contributed by atoms with E-state index < -0.39 is 0 Å². The van der Waals surface area contributed by atoms with Crippen LogP contribution in [0, 0.1) is 0 Å². The Labute approximate surface area is 99.2 Å². The summed E-state index contributed by atoms with van der Waals surface area (Å²) in [6, 6.07) is 5.08. The average molecular weight is 233 g/mol. The standard InChI is InChI=1S/C12H15N3O2/c1-12(2,3)15-11(16)14-8-4-5-9-10(6-8)17-7-13-9/h4-7H,1-3H3,(H2,14,15,16). The third-order valence-corrected chi connectivity index (χ3v) is 2.08. The fourth-order valence-corrected chi connectivity index (χ4v) is 1.44. The molecule has 0 saturated heterocycles. The van der Waals surface area contributed by atoms with Crippen molar-refractivity contribution in [3.8, 4) is 0 Å². The van der Waals surface area contributed by atoms with Crippen molar-refractivity contribution in [2.45, 2.75) is 26.3 Å². The molecule has 0 aliphatic rings. The van der Waals surface area contributed by atoms with E-state index in [-0.39, 0.29) is 11.6 Å². The van der Waals surface area contributed by atoms with Gasteiger partial charge in [0.25, 0.3) is 0 Å². The maximum Gasteiger partial charge on any atom is 0.319 e. The number of fused-ring (bicyclic) bond motifs is 1. The van der Waals surface area contributed by atoms with Crippen LogP contribution in [-0.2, 0) is 0 Å². The monoisotopic (exact) mass is 233 g/mol. The molecule has 90 valence electrons. The maximum atomic E-state index is 11.6. The molecule has 5 nitrogen and oxygen atoms in total. The van der Waals surface area contributed by atoms with Gasteiger partial charge in [0.1, 0.15) is 5.52 Å². The number of amides is 2. The van der Waals surface area contributed by atoms with Crippen LogP contribution in [0.2, 0.25) is 0 Å². The van der Waals surface area contributed by atoms with Crippen molar-refractivity contribution in [2.75, 3.05) is 5.32 Å². The van der Waals surface area contributed by atoms with Gasteiger partial charge in [-0.2, -0.15) is 0 Å². The number of nitrogens with one attached hydrogen (secondary N) is 2. The number of anilines is 1. The second kappa shape index (κ2) is 4.08. The molecule has 0 bridgehead atoms. The second-order valence-corrected chi connectivity index (χ2v) is 4.86. The van der Waals surface area contributed by atoms with Crippen LogP contribution < -0.4 is 10.6 Å². The Kier molecular flexibility index (Phi) is 2.75. The number of benzene rings is 1. The van der Waals surface area contributed by atoms with E-state index in [1.54, 1.807) is 18.2 Å². The number of oxazole rings is 1. The number of rotatable bonds is 1. The van der Waals surface area contributed by atoms with Crippen LogP contribution in [0.25, 0.3) is 11.1 Å². The molecule has 0 unspecified atom stereocenters. The van der Waals surface area contributed by atoms with Gasteiger partial charge in [-0.05, 0) is 32.9 Å². The third-order valence-electron chi connectivity index (χ3n) is 2.08. The van der Waals surface area contributed by atoms with Crippen molar-refractivity contribution in [1.82, 2.24) is 10.3 Å². The molecule has 1 aromatic heterocycles. The van der Waals surface area contributed by atoms with Gasteiger partial charge in [-0.15, -0.1) is 0 Å². The first kappa shape index (κ1) is 11.4. The molecule has 2 N–H and O–H groups in total. The van der Waals surface area contributed by atoms with Gasteiger partial charge in [-0.25, -0.2) is 9.78 Å². The molecule has 0 aliphatic carbocycles. The molecule has 1 aromatic carbocycles. The molecule has 2 rings (SSSR count). The highest BCUT2D eigenvalue weighted by molar-refractivity contribution is 5.91. The van der Waals surface area contributed by atoms with E-state index in [0.29, 0.717) is 11.3 Å². The second-order valence-electron chi connectivity index (χ2n) is 4.86. The zero-order valence-corrected chi connectivity index (χ0v) is 10.1. The number of hydrogen-bond acceptors (Lipinski definition) is 3. The van der Waals surface area contributed by atoms with Crippen LogP contribution in [0.5, 0.6) is 0 Å². The minimum Gasteiger partial charge on any atom is -0.443 e. The van der Waals surface area contributed by atoms with E-state index in [0.717, 1.165) is 5.52 Å². The van der Waals surface area contributed by atoms with Gasteiger partial charge in [0, 0.05) is 17.3 Å². The summed E-state index contributed by atoms with van der Waals surface area (Å²) in [6.07, 6.45) is 1.38. The summed E-state index contributed by atoms with van der Waals surface area (Å²) in [5.41, 5.74) is 1.83. The molecule has 0 spiro atoms. The van der Waals surface area contributed by atoms with Gasteiger partial charge < -0.3 is 15.1 Å². The molecular weight excluding hydrogens is 218 g/mol. The average Bonchev–Trinajstić information content (AvgIpc) is 2.61. The SMILES string of the molecule is CC(C)(C)NC(=O)Nc1ccc2ncoc2c1. The van der Waals surface area contributed by atoms with Gasteiger partial charge >= 0.3 is 6.03 Å². The third kappa shape index (κ3) is 2.96. The van der Waals surface area contributed by atoms with Crippen molar-refractivity contribution in [2.24, 2.45) is 0 Å². The summed E-state index contributed by atoms with van der Waals surface area (Å²) in [6.45, 7) is 5.77. The topological polar surface area (TPSA) is 67.2 Å². The summed E-state index contributed by atoms with van der Waals surface area (Å²) >= 11 is 0. The number of aromatic nitrogens is 1. The highest BCUT2D eigenvalue weighted by Gasteiger charge is 2.13. The highest BCUT2D eigenvalue weighted by Crippen LogP contribution is 2.17. The molecule has 0 fully saturated rings. The van der Waals surface area contributed by atoms with Crippen LogP contribution >= 0.6 is 0 Å². The Hall–Kier alpha value is -2.04. The van der Waals surface area contributed by atoms with E-state index in [1.807, 2.05) is 20.8 Å². The molecule has 17 heavy (non-hydrogen) atoms. The lowest BCUT2D eigenvalue weighted by molar-refractivity contribution is 0.244. The Morgan fingerprint density at radius 2 is 2.12 bits per heavy atom. The fraction of sp³-hybridized carbons (Fsp3) is 0.333. The molecule has 0 saturated carbocycles. The first-order valence-electron chi connectivity index (χ1n) is 5.36. The highest BCUT2D eigenvalue weighted by atomic mass is 16.3. The summed E-state index contributed by atoms with van der Waals surface area (Å²) < 4.78 is 5.16. The first-order chi connectivity index (χ1) is 7.94. The van der Waals surface area contributed by atoms with Gasteiger partial charge in [-0.3, -0.25) is 0 Å². The number of nitrogens with zero attached hydrogens (tertiary/aromatic N) is 1. The van der Waals surface area contributed by atoms with E-state index in [9.17, 15) is 4.79 Å². The van der Waals surface area contributed by atoms with Crippen molar-refractivity contribution in [3.63, 3.8) is 0 Å². The largest absolute Gasteiger partial charge is 0.443 e. The Bertz CT molecular complexity index is 540. The summed E-state index contributed by atoms with van der Waals surface area (Å²) in [7, 11) is 0. The van der Waals surface area contributed by atoms with E-state index in [4.69, 9.17) is 4.42 Å². The minimum absolute atomic E-state index is 0.239. The van der Waals surface area contributed by atoms with Crippen molar-refractivity contribution >= 4 is 22.8 Å². The van der Waals surface area contributed by atoms with Crippen LogP contribution in [0.4, 0.5) is 10.5 Å². The quantitative estimate of drug-likeness (QED) is 0.795. The first-order valence-corrected chi connectivity index (χ1v) is 5.36. The Morgan fingerprint density at radius 1 is 1.35 bits per heavy atom. The van der Waals surface area contributed by atoms with Crippen LogP contribution in [0.15, 0.2) is 29.0 Å². The van der Waals surface area contributed by atoms with Crippen molar-refractivity contribution in [3.05, 3.63) is 24.6 Å². The molecule has 0 aliphatic heterocycles. The van der Waals surface area contributed by atoms with Crippen molar-refractivity contribution < 1.29 is 9.21 Å². The lowest BCUT2D eigenvalue weighted by atomic mass is 10.1. The van der Waals surface area contributed by atoms with Gasteiger partial charge in [0.2, 0.25) is 0 Å². The van der Waals surface area contributed by atoms with Gasteiger partial charge in [0.05, 0.1) is 0 Å². The number of urea groups is 1. The summed E-state index contributed by atoms with van der Waals surface area (Å²) in [5.74, 6) is 0.